The van der Waals surface area contributed by atoms with E-state index in [1.54, 1.807) is 25.3 Å². The van der Waals surface area contributed by atoms with Crippen LogP contribution in [0.3, 0.4) is 0 Å². The van der Waals surface area contributed by atoms with E-state index in [0.717, 1.165) is 0 Å². The molecule has 28 heavy (non-hydrogen) atoms. The van der Waals surface area contributed by atoms with Gasteiger partial charge in [-0.15, -0.1) is 0 Å². The summed E-state index contributed by atoms with van der Waals surface area (Å²) in [5.74, 6) is -3.77. The fourth-order valence-corrected chi connectivity index (χ4v) is 3.44. The smallest absolute Gasteiger partial charge is 0.343 e. The SMILES string of the molecule is CCOC(=O)c1cnn2ccc(N3CC(F)(F)CC3c3cccc(F)c3)nc12. The molecule has 0 aliphatic carbocycles. The van der Waals surface area contributed by atoms with E-state index in [1.807, 2.05) is 0 Å². The van der Waals surface area contributed by atoms with Crippen molar-refractivity contribution in [2.45, 2.75) is 25.3 Å². The van der Waals surface area contributed by atoms with Gasteiger partial charge in [0, 0.05) is 12.6 Å². The predicted molar refractivity (Wildman–Crippen MR) is 95.0 cm³/mol. The molecule has 3 heterocycles. The van der Waals surface area contributed by atoms with Crippen molar-refractivity contribution in [1.29, 1.82) is 0 Å². The van der Waals surface area contributed by atoms with Crippen LogP contribution in [-0.4, -0.2) is 39.6 Å². The Kier molecular flexibility index (Phi) is 4.44. The molecule has 0 amide bonds. The van der Waals surface area contributed by atoms with Gasteiger partial charge in [-0.3, -0.25) is 0 Å². The van der Waals surface area contributed by atoms with Crippen LogP contribution in [0.15, 0.2) is 42.7 Å². The number of nitrogens with zero attached hydrogens (tertiary/aromatic N) is 4. The molecule has 2 aromatic heterocycles. The van der Waals surface area contributed by atoms with Crippen molar-refractivity contribution in [2.24, 2.45) is 0 Å². The van der Waals surface area contributed by atoms with E-state index in [9.17, 15) is 18.0 Å². The zero-order valence-corrected chi connectivity index (χ0v) is 15.0. The van der Waals surface area contributed by atoms with Crippen LogP contribution in [0.4, 0.5) is 19.0 Å². The zero-order valence-electron chi connectivity index (χ0n) is 15.0. The van der Waals surface area contributed by atoms with E-state index in [1.165, 1.54) is 33.8 Å². The van der Waals surface area contributed by atoms with Gasteiger partial charge in [0.05, 0.1) is 25.4 Å². The summed E-state index contributed by atoms with van der Waals surface area (Å²) in [6, 6.07) is 6.43. The molecule has 1 unspecified atom stereocenters. The standard InChI is InChI=1S/C19H17F3N4O2/c1-2-28-18(27)14-10-23-26-7-6-16(24-17(14)26)25-11-19(21,22)9-15(25)12-4-3-5-13(20)8-12/h3-8,10,15H,2,9,11H2,1H3. The molecule has 1 fully saturated rings. The number of halogens is 3. The number of aromatic nitrogens is 3. The molecule has 146 valence electrons. The number of benzene rings is 1. The number of ether oxygens (including phenoxy) is 1. The lowest BCUT2D eigenvalue weighted by Gasteiger charge is -2.25. The summed E-state index contributed by atoms with van der Waals surface area (Å²) in [4.78, 5) is 17.9. The molecule has 9 heteroatoms. The second kappa shape index (κ2) is 6.81. The minimum absolute atomic E-state index is 0.150. The first kappa shape index (κ1) is 18.3. The van der Waals surface area contributed by atoms with Crippen LogP contribution in [0, 0.1) is 5.82 Å². The molecule has 0 bridgehead atoms. The van der Waals surface area contributed by atoms with Gasteiger partial charge in [-0.25, -0.2) is 27.5 Å². The molecule has 1 aliphatic rings. The quantitative estimate of drug-likeness (QED) is 0.637. The van der Waals surface area contributed by atoms with Crippen molar-refractivity contribution in [3.8, 4) is 0 Å². The minimum Gasteiger partial charge on any atom is -0.462 e. The molecular formula is C19H17F3N4O2. The second-order valence-corrected chi connectivity index (χ2v) is 6.59. The highest BCUT2D eigenvalue weighted by Gasteiger charge is 2.46. The van der Waals surface area contributed by atoms with Crippen LogP contribution in [-0.2, 0) is 4.74 Å². The summed E-state index contributed by atoms with van der Waals surface area (Å²) in [6.45, 7) is 1.31. The molecule has 0 saturated carbocycles. The third-order valence-corrected chi connectivity index (χ3v) is 4.65. The number of anilines is 1. The molecule has 0 radical (unpaired) electrons. The third kappa shape index (κ3) is 3.28. The first-order valence-electron chi connectivity index (χ1n) is 8.79. The Bertz CT molecular complexity index is 1040. The van der Waals surface area contributed by atoms with Crippen molar-refractivity contribution in [1.82, 2.24) is 14.6 Å². The summed E-state index contributed by atoms with van der Waals surface area (Å²) >= 11 is 0. The van der Waals surface area contributed by atoms with E-state index >= 15 is 0 Å². The van der Waals surface area contributed by atoms with Gasteiger partial charge in [-0.1, -0.05) is 12.1 Å². The number of carbonyl (C=O) groups excluding carboxylic acids is 1. The third-order valence-electron chi connectivity index (χ3n) is 4.65. The van der Waals surface area contributed by atoms with Gasteiger partial charge in [0.2, 0.25) is 0 Å². The fraction of sp³-hybridized carbons (Fsp3) is 0.316. The van der Waals surface area contributed by atoms with E-state index in [-0.39, 0.29) is 23.6 Å². The number of esters is 1. The van der Waals surface area contributed by atoms with Crippen LogP contribution in [0.5, 0.6) is 0 Å². The lowest BCUT2D eigenvalue weighted by Crippen LogP contribution is -2.27. The normalized spacial score (nSPS) is 18.6. The largest absolute Gasteiger partial charge is 0.462 e. The second-order valence-electron chi connectivity index (χ2n) is 6.59. The number of fused-ring (bicyclic) bond motifs is 1. The Hall–Kier alpha value is -3.10. The highest BCUT2D eigenvalue weighted by atomic mass is 19.3. The van der Waals surface area contributed by atoms with Crippen LogP contribution < -0.4 is 4.90 Å². The number of hydrogen-bond donors (Lipinski definition) is 0. The number of alkyl halides is 2. The average molecular weight is 390 g/mol. The van der Waals surface area contributed by atoms with Gasteiger partial charge in [-0.05, 0) is 30.7 Å². The van der Waals surface area contributed by atoms with Crippen molar-refractivity contribution >= 4 is 17.4 Å². The van der Waals surface area contributed by atoms with Crippen LogP contribution >= 0.6 is 0 Å². The minimum atomic E-state index is -2.95. The van der Waals surface area contributed by atoms with Gasteiger partial charge in [0.1, 0.15) is 17.2 Å². The van der Waals surface area contributed by atoms with Crippen molar-refractivity contribution in [3.63, 3.8) is 0 Å². The maximum Gasteiger partial charge on any atom is 0.343 e. The summed E-state index contributed by atoms with van der Waals surface area (Å²) in [7, 11) is 0. The van der Waals surface area contributed by atoms with Crippen LogP contribution in [0.25, 0.3) is 5.65 Å². The van der Waals surface area contributed by atoms with Crippen LogP contribution in [0.1, 0.15) is 35.3 Å². The Labute approximate surface area is 158 Å². The van der Waals surface area contributed by atoms with E-state index in [4.69, 9.17) is 4.74 Å². The predicted octanol–water partition coefficient (Wildman–Crippen LogP) is 3.63. The molecule has 0 N–H and O–H groups in total. The van der Waals surface area contributed by atoms with Crippen molar-refractivity contribution < 1.29 is 22.7 Å². The lowest BCUT2D eigenvalue weighted by atomic mass is 10.0. The topological polar surface area (TPSA) is 59.7 Å². The zero-order chi connectivity index (χ0) is 19.9. The lowest BCUT2D eigenvalue weighted by molar-refractivity contribution is 0.0222. The molecule has 1 saturated heterocycles. The summed E-state index contributed by atoms with van der Waals surface area (Å²) in [5.41, 5.74) is 0.805. The van der Waals surface area contributed by atoms with Crippen molar-refractivity contribution in [3.05, 3.63) is 59.7 Å². The number of rotatable bonds is 4. The highest BCUT2D eigenvalue weighted by Crippen LogP contribution is 2.43. The Balaban J connectivity index is 1.76. The molecular weight excluding hydrogens is 373 g/mol. The highest BCUT2D eigenvalue weighted by molar-refractivity contribution is 5.95. The van der Waals surface area contributed by atoms with Crippen LogP contribution in [0.2, 0.25) is 0 Å². The maximum atomic E-state index is 14.2. The van der Waals surface area contributed by atoms with Crippen molar-refractivity contribution in [2.75, 3.05) is 18.1 Å². The number of carbonyl (C=O) groups is 1. The van der Waals surface area contributed by atoms with Gasteiger partial charge in [0.25, 0.3) is 5.92 Å². The molecule has 1 aliphatic heterocycles. The first-order chi connectivity index (χ1) is 13.4. The molecule has 4 rings (SSSR count). The van der Waals surface area contributed by atoms with Gasteiger partial charge in [-0.2, -0.15) is 5.10 Å². The van der Waals surface area contributed by atoms with E-state index < -0.39 is 36.7 Å². The number of hydrogen-bond acceptors (Lipinski definition) is 5. The van der Waals surface area contributed by atoms with Gasteiger partial charge >= 0.3 is 5.97 Å². The fourth-order valence-electron chi connectivity index (χ4n) is 3.44. The summed E-state index contributed by atoms with van der Waals surface area (Å²) in [5, 5.41) is 4.04. The summed E-state index contributed by atoms with van der Waals surface area (Å²) < 4.78 is 48.5. The molecule has 3 aromatic rings. The molecule has 1 atom stereocenters. The molecule has 0 spiro atoms. The average Bonchev–Trinajstić information content (AvgIpc) is 3.22. The van der Waals surface area contributed by atoms with Gasteiger partial charge in [0.15, 0.2) is 5.65 Å². The summed E-state index contributed by atoms with van der Waals surface area (Å²) in [6.07, 6.45) is 2.42. The molecule has 6 nitrogen and oxygen atoms in total. The van der Waals surface area contributed by atoms with E-state index in [0.29, 0.717) is 5.56 Å². The Morgan fingerprint density at radius 1 is 1.36 bits per heavy atom. The monoisotopic (exact) mass is 390 g/mol. The Morgan fingerprint density at radius 2 is 2.18 bits per heavy atom. The van der Waals surface area contributed by atoms with E-state index in [2.05, 4.69) is 10.1 Å². The maximum absolute atomic E-state index is 14.2. The molecule has 1 aromatic carbocycles. The Morgan fingerprint density at radius 3 is 2.93 bits per heavy atom. The van der Waals surface area contributed by atoms with Gasteiger partial charge < -0.3 is 9.64 Å². The first-order valence-corrected chi connectivity index (χ1v) is 8.79.